The first kappa shape index (κ1) is 13.7. The molecule has 1 aromatic rings. The number of hydrogen-bond acceptors (Lipinski definition) is 3. The summed E-state index contributed by atoms with van der Waals surface area (Å²) >= 11 is 0. The average Bonchev–Trinajstić information content (AvgIpc) is 2.70. The van der Waals surface area contributed by atoms with Gasteiger partial charge in [-0.15, -0.1) is 0 Å². The lowest BCUT2D eigenvalue weighted by molar-refractivity contribution is -0.123. The maximum atomic E-state index is 11.3. The van der Waals surface area contributed by atoms with Gasteiger partial charge in [-0.1, -0.05) is 13.8 Å². The van der Waals surface area contributed by atoms with Gasteiger partial charge in [-0.25, -0.2) is 4.98 Å². The summed E-state index contributed by atoms with van der Waals surface area (Å²) in [5.41, 5.74) is 0. The molecule has 0 saturated carbocycles. The molecule has 1 aromatic heterocycles. The number of carbonyl (C=O) groups is 1. The number of hydrogen-bond donors (Lipinski definition) is 2. The van der Waals surface area contributed by atoms with E-state index >= 15 is 0 Å². The maximum Gasteiger partial charge on any atom is 0.222 e. The number of aromatic nitrogens is 2. The van der Waals surface area contributed by atoms with Gasteiger partial charge in [0, 0.05) is 38.4 Å². The molecular weight excluding hydrogens is 216 g/mol. The predicted octanol–water partition coefficient (Wildman–Crippen LogP) is 0.843. The molecule has 0 aromatic carbocycles. The Morgan fingerprint density at radius 1 is 1.41 bits per heavy atom. The molecule has 96 valence electrons. The largest absolute Gasteiger partial charge is 0.355 e. The summed E-state index contributed by atoms with van der Waals surface area (Å²) in [6.45, 7) is 7.23. The van der Waals surface area contributed by atoms with Crippen LogP contribution in [0.25, 0.3) is 0 Å². The monoisotopic (exact) mass is 238 g/mol. The lowest BCUT2D eigenvalue weighted by Gasteiger charge is -2.14. The van der Waals surface area contributed by atoms with Crippen molar-refractivity contribution in [1.29, 1.82) is 0 Å². The van der Waals surface area contributed by atoms with Gasteiger partial charge in [0.1, 0.15) is 5.82 Å². The molecule has 17 heavy (non-hydrogen) atoms. The van der Waals surface area contributed by atoms with E-state index < -0.39 is 0 Å². The molecular formula is C12H22N4O. The van der Waals surface area contributed by atoms with E-state index in [1.165, 1.54) is 0 Å². The van der Waals surface area contributed by atoms with Crippen molar-refractivity contribution in [3.05, 3.63) is 18.2 Å². The SMILES string of the molecule is CC(C)C(=O)NCCNC(C)c1nccn1C. The van der Waals surface area contributed by atoms with Crippen LogP contribution in [0.3, 0.4) is 0 Å². The third kappa shape index (κ3) is 4.19. The molecule has 0 fully saturated rings. The van der Waals surface area contributed by atoms with Gasteiger partial charge in [0.15, 0.2) is 0 Å². The summed E-state index contributed by atoms with van der Waals surface area (Å²) < 4.78 is 1.99. The van der Waals surface area contributed by atoms with Crippen molar-refractivity contribution in [3.63, 3.8) is 0 Å². The molecule has 1 unspecified atom stereocenters. The normalized spacial score (nSPS) is 12.8. The van der Waals surface area contributed by atoms with Crippen LogP contribution in [0.15, 0.2) is 12.4 Å². The Hall–Kier alpha value is -1.36. The number of aryl methyl sites for hydroxylation is 1. The Morgan fingerprint density at radius 3 is 2.65 bits per heavy atom. The van der Waals surface area contributed by atoms with Gasteiger partial charge in [0.05, 0.1) is 6.04 Å². The zero-order chi connectivity index (χ0) is 12.8. The number of rotatable bonds is 6. The van der Waals surface area contributed by atoms with E-state index in [9.17, 15) is 4.79 Å². The summed E-state index contributed by atoms with van der Waals surface area (Å²) in [7, 11) is 1.97. The zero-order valence-corrected chi connectivity index (χ0v) is 11.0. The fourth-order valence-corrected chi connectivity index (χ4v) is 1.56. The lowest BCUT2D eigenvalue weighted by Crippen LogP contribution is -2.35. The molecule has 0 spiro atoms. The van der Waals surface area contributed by atoms with E-state index in [2.05, 4.69) is 22.5 Å². The molecule has 2 N–H and O–H groups in total. The van der Waals surface area contributed by atoms with E-state index in [4.69, 9.17) is 0 Å². The molecule has 1 heterocycles. The molecule has 0 bridgehead atoms. The Bertz CT molecular complexity index is 359. The van der Waals surface area contributed by atoms with Crippen LogP contribution in [-0.4, -0.2) is 28.5 Å². The predicted molar refractivity (Wildman–Crippen MR) is 67.5 cm³/mol. The molecule has 5 nitrogen and oxygen atoms in total. The number of nitrogens with zero attached hydrogens (tertiary/aromatic N) is 2. The first-order chi connectivity index (χ1) is 8.02. The Balaban J connectivity index is 2.24. The van der Waals surface area contributed by atoms with Gasteiger partial charge in [0.25, 0.3) is 0 Å². The number of amides is 1. The molecule has 0 aliphatic carbocycles. The van der Waals surface area contributed by atoms with Crippen LogP contribution in [-0.2, 0) is 11.8 Å². The van der Waals surface area contributed by atoms with Crippen molar-refractivity contribution in [1.82, 2.24) is 20.2 Å². The summed E-state index contributed by atoms with van der Waals surface area (Å²) in [4.78, 5) is 15.6. The van der Waals surface area contributed by atoms with Crippen LogP contribution in [0, 0.1) is 5.92 Å². The van der Waals surface area contributed by atoms with E-state index in [1.54, 1.807) is 6.20 Å². The molecule has 0 radical (unpaired) electrons. The summed E-state index contributed by atoms with van der Waals surface area (Å²) in [6.07, 6.45) is 3.71. The Morgan fingerprint density at radius 2 is 2.12 bits per heavy atom. The highest BCUT2D eigenvalue weighted by atomic mass is 16.1. The minimum absolute atomic E-state index is 0.0435. The van der Waals surface area contributed by atoms with Crippen LogP contribution in [0.1, 0.15) is 32.6 Å². The van der Waals surface area contributed by atoms with Crippen molar-refractivity contribution >= 4 is 5.91 Å². The van der Waals surface area contributed by atoms with Gasteiger partial charge in [-0.05, 0) is 6.92 Å². The van der Waals surface area contributed by atoms with E-state index in [-0.39, 0.29) is 17.9 Å². The van der Waals surface area contributed by atoms with Crippen LogP contribution >= 0.6 is 0 Å². The molecule has 0 saturated heterocycles. The molecule has 1 rings (SSSR count). The van der Waals surface area contributed by atoms with Crippen LogP contribution < -0.4 is 10.6 Å². The van der Waals surface area contributed by atoms with Gasteiger partial charge in [-0.3, -0.25) is 4.79 Å². The van der Waals surface area contributed by atoms with Gasteiger partial charge in [0.2, 0.25) is 5.91 Å². The first-order valence-corrected chi connectivity index (χ1v) is 6.00. The van der Waals surface area contributed by atoms with E-state index in [1.807, 2.05) is 31.7 Å². The van der Waals surface area contributed by atoms with Gasteiger partial charge in [-0.2, -0.15) is 0 Å². The minimum atomic E-state index is 0.0435. The molecule has 1 amide bonds. The molecule has 5 heteroatoms. The Labute approximate surface area is 103 Å². The third-order valence-corrected chi connectivity index (χ3v) is 2.64. The zero-order valence-electron chi connectivity index (χ0n) is 11.0. The highest BCUT2D eigenvalue weighted by molar-refractivity contribution is 5.77. The van der Waals surface area contributed by atoms with Gasteiger partial charge >= 0.3 is 0 Å². The number of nitrogens with one attached hydrogen (secondary N) is 2. The standard InChI is InChI=1S/C12H22N4O/c1-9(2)12(17)15-6-5-13-10(3)11-14-7-8-16(11)4/h7-10,13H,5-6H2,1-4H3,(H,15,17). The highest BCUT2D eigenvalue weighted by Crippen LogP contribution is 2.07. The second kappa shape index (κ2) is 6.39. The fourth-order valence-electron chi connectivity index (χ4n) is 1.56. The van der Waals surface area contributed by atoms with E-state index in [0.717, 1.165) is 12.4 Å². The quantitative estimate of drug-likeness (QED) is 0.722. The van der Waals surface area contributed by atoms with Crippen molar-refractivity contribution in [2.75, 3.05) is 13.1 Å². The average molecular weight is 238 g/mol. The molecule has 1 atom stereocenters. The Kier molecular flexibility index (Phi) is 5.15. The van der Waals surface area contributed by atoms with Gasteiger partial charge < -0.3 is 15.2 Å². The minimum Gasteiger partial charge on any atom is -0.355 e. The van der Waals surface area contributed by atoms with Crippen molar-refractivity contribution < 1.29 is 4.79 Å². The maximum absolute atomic E-state index is 11.3. The second-order valence-corrected chi connectivity index (χ2v) is 4.52. The van der Waals surface area contributed by atoms with Crippen LogP contribution in [0.4, 0.5) is 0 Å². The smallest absolute Gasteiger partial charge is 0.222 e. The van der Waals surface area contributed by atoms with E-state index in [0.29, 0.717) is 6.54 Å². The number of carbonyl (C=O) groups excluding carboxylic acids is 1. The van der Waals surface area contributed by atoms with Crippen molar-refractivity contribution in [3.8, 4) is 0 Å². The first-order valence-electron chi connectivity index (χ1n) is 6.00. The van der Waals surface area contributed by atoms with Crippen molar-refractivity contribution in [2.45, 2.75) is 26.8 Å². The number of imidazole rings is 1. The van der Waals surface area contributed by atoms with Crippen LogP contribution in [0.2, 0.25) is 0 Å². The summed E-state index contributed by atoms with van der Waals surface area (Å²) in [6, 6.07) is 0.186. The molecule has 0 aliphatic rings. The second-order valence-electron chi connectivity index (χ2n) is 4.52. The van der Waals surface area contributed by atoms with Crippen LogP contribution in [0.5, 0.6) is 0 Å². The van der Waals surface area contributed by atoms with Crippen molar-refractivity contribution in [2.24, 2.45) is 13.0 Å². The fraction of sp³-hybridized carbons (Fsp3) is 0.667. The summed E-state index contributed by atoms with van der Waals surface area (Å²) in [5.74, 6) is 1.14. The lowest BCUT2D eigenvalue weighted by atomic mass is 10.2. The third-order valence-electron chi connectivity index (χ3n) is 2.64. The molecule has 0 aliphatic heterocycles. The topological polar surface area (TPSA) is 59.0 Å². The highest BCUT2D eigenvalue weighted by Gasteiger charge is 2.09. The summed E-state index contributed by atoms with van der Waals surface area (Å²) in [5, 5.41) is 6.19.